The number of esters is 1. The topological polar surface area (TPSA) is 60.0 Å². The van der Waals surface area contributed by atoms with Gasteiger partial charge in [0.05, 0.1) is 18.1 Å². The van der Waals surface area contributed by atoms with Gasteiger partial charge in [0, 0.05) is 6.54 Å². The number of fused-ring (bicyclic) bond motifs is 1. The summed E-state index contributed by atoms with van der Waals surface area (Å²) in [5, 5.41) is 8.16. The first-order valence-electron chi connectivity index (χ1n) is 5.98. The summed E-state index contributed by atoms with van der Waals surface area (Å²) in [7, 11) is 1.36. The number of hydrogen-bond donors (Lipinski definition) is 1. The number of benzene rings is 1. The van der Waals surface area contributed by atoms with E-state index in [0.717, 1.165) is 24.0 Å². The largest absolute Gasteiger partial charge is 0.468 e. The second kappa shape index (κ2) is 5.08. The summed E-state index contributed by atoms with van der Waals surface area (Å²) in [4.78, 5) is 11.4. The lowest BCUT2D eigenvalue weighted by molar-refractivity contribution is -0.141. The molecule has 0 atom stereocenters. The summed E-state index contributed by atoms with van der Waals surface area (Å²) in [6.07, 6.45) is 0.947. The predicted octanol–water partition coefficient (Wildman–Crippen LogP) is 1.51. The third-order valence-electron chi connectivity index (χ3n) is 2.94. The van der Waals surface area contributed by atoms with Crippen molar-refractivity contribution < 1.29 is 9.53 Å². The van der Waals surface area contributed by atoms with E-state index in [1.807, 2.05) is 28.8 Å². The van der Waals surface area contributed by atoms with E-state index >= 15 is 0 Å². The highest BCUT2D eigenvalue weighted by Gasteiger charge is 2.12. The van der Waals surface area contributed by atoms with Crippen LogP contribution in [-0.2, 0) is 22.6 Å². The molecule has 0 saturated carbocycles. The average molecular weight is 247 g/mol. The van der Waals surface area contributed by atoms with E-state index in [2.05, 4.69) is 11.7 Å². The van der Waals surface area contributed by atoms with Gasteiger partial charge in [0.2, 0.25) is 5.62 Å². The number of para-hydroxylation sites is 2. The van der Waals surface area contributed by atoms with Gasteiger partial charge < -0.3 is 9.30 Å². The highest BCUT2D eigenvalue weighted by molar-refractivity contribution is 5.78. The lowest BCUT2D eigenvalue weighted by Crippen LogP contribution is -2.27. The molecule has 0 amide bonds. The zero-order valence-electron chi connectivity index (χ0n) is 10.6. The Morgan fingerprint density at radius 3 is 2.44 bits per heavy atom. The minimum absolute atomic E-state index is 0.0760. The predicted molar refractivity (Wildman–Crippen MR) is 68.1 cm³/mol. The zero-order valence-corrected chi connectivity index (χ0v) is 10.6. The Balaban J connectivity index is 2.61. The van der Waals surface area contributed by atoms with Crippen molar-refractivity contribution in [2.75, 3.05) is 7.11 Å². The molecule has 2 aromatic rings. The van der Waals surface area contributed by atoms with Crippen LogP contribution < -0.4 is 5.62 Å². The van der Waals surface area contributed by atoms with Gasteiger partial charge in [-0.3, -0.25) is 14.8 Å². The fraction of sp³-hybridized carbons (Fsp3) is 0.385. The zero-order chi connectivity index (χ0) is 13.1. The first-order valence-corrected chi connectivity index (χ1v) is 5.98. The van der Waals surface area contributed by atoms with Gasteiger partial charge in [-0.15, -0.1) is 0 Å². The van der Waals surface area contributed by atoms with Crippen LogP contribution in [0.2, 0.25) is 0 Å². The number of methoxy groups -OCH3 is 1. The molecule has 1 aromatic carbocycles. The maximum absolute atomic E-state index is 11.4. The second-order valence-corrected chi connectivity index (χ2v) is 4.13. The van der Waals surface area contributed by atoms with Crippen LogP contribution in [0.15, 0.2) is 24.3 Å². The molecule has 0 aliphatic carbocycles. The minimum atomic E-state index is -0.340. The molecule has 0 aliphatic rings. The molecule has 0 fully saturated rings. The lowest BCUT2D eigenvalue weighted by atomic mass is 10.3. The fourth-order valence-corrected chi connectivity index (χ4v) is 2.10. The Morgan fingerprint density at radius 2 is 1.89 bits per heavy atom. The molecule has 0 radical (unpaired) electrons. The Labute approximate surface area is 105 Å². The third-order valence-corrected chi connectivity index (χ3v) is 2.94. The van der Waals surface area contributed by atoms with Crippen molar-refractivity contribution in [3.05, 3.63) is 29.9 Å². The van der Waals surface area contributed by atoms with Crippen LogP contribution in [0.25, 0.3) is 11.0 Å². The van der Waals surface area contributed by atoms with Crippen molar-refractivity contribution >= 4 is 17.0 Å². The van der Waals surface area contributed by atoms with Gasteiger partial charge in [-0.1, -0.05) is 19.1 Å². The van der Waals surface area contributed by atoms with E-state index in [0.29, 0.717) is 5.62 Å². The number of aromatic nitrogens is 2. The fourth-order valence-electron chi connectivity index (χ4n) is 2.10. The lowest BCUT2D eigenvalue weighted by Gasteiger charge is -2.02. The number of nitrogens with zero attached hydrogens (tertiary/aromatic N) is 2. The first-order chi connectivity index (χ1) is 8.69. The SMILES string of the molecule is CCCn1c(=N)n(CC(=O)OC)c2ccccc21. The van der Waals surface area contributed by atoms with Gasteiger partial charge in [-0.2, -0.15) is 0 Å². The number of ether oxygens (including phenoxy) is 1. The maximum Gasteiger partial charge on any atom is 0.325 e. The van der Waals surface area contributed by atoms with Crippen LogP contribution in [-0.4, -0.2) is 22.2 Å². The van der Waals surface area contributed by atoms with Gasteiger partial charge in [-0.25, -0.2) is 0 Å². The Kier molecular flexibility index (Phi) is 3.50. The van der Waals surface area contributed by atoms with E-state index in [9.17, 15) is 4.79 Å². The van der Waals surface area contributed by atoms with Crippen LogP contribution >= 0.6 is 0 Å². The molecule has 0 aliphatic heterocycles. The Bertz CT molecular complexity index is 625. The summed E-state index contributed by atoms with van der Waals surface area (Å²) in [5.41, 5.74) is 2.21. The van der Waals surface area contributed by atoms with E-state index in [1.54, 1.807) is 4.57 Å². The number of carbonyl (C=O) groups is 1. The van der Waals surface area contributed by atoms with Gasteiger partial charge in [0.1, 0.15) is 6.54 Å². The van der Waals surface area contributed by atoms with Crippen molar-refractivity contribution in [3.8, 4) is 0 Å². The summed E-state index contributed by atoms with van der Waals surface area (Å²) < 4.78 is 8.27. The second-order valence-electron chi connectivity index (χ2n) is 4.13. The monoisotopic (exact) mass is 247 g/mol. The van der Waals surface area contributed by atoms with E-state index in [4.69, 9.17) is 5.41 Å². The number of imidazole rings is 1. The first kappa shape index (κ1) is 12.4. The number of hydrogen-bond acceptors (Lipinski definition) is 3. The van der Waals surface area contributed by atoms with Crippen molar-refractivity contribution in [1.82, 2.24) is 9.13 Å². The van der Waals surface area contributed by atoms with Crippen LogP contribution in [0.1, 0.15) is 13.3 Å². The van der Waals surface area contributed by atoms with Gasteiger partial charge in [-0.05, 0) is 18.6 Å². The standard InChI is InChI=1S/C13H17N3O2/c1-3-8-15-10-6-4-5-7-11(10)16(13(15)14)9-12(17)18-2/h4-7,14H,3,8-9H2,1-2H3. The van der Waals surface area contributed by atoms with Crippen LogP contribution in [0.3, 0.4) is 0 Å². The summed E-state index contributed by atoms with van der Waals surface area (Å²) in [6.45, 7) is 2.92. The van der Waals surface area contributed by atoms with Gasteiger partial charge >= 0.3 is 5.97 Å². The quantitative estimate of drug-likeness (QED) is 0.832. The Morgan fingerprint density at radius 1 is 1.28 bits per heavy atom. The number of rotatable bonds is 4. The maximum atomic E-state index is 11.4. The van der Waals surface area contributed by atoms with Crippen molar-refractivity contribution in [2.45, 2.75) is 26.4 Å². The van der Waals surface area contributed by atoms with Crippen molar-refractivity contribution in [2.24, 2.45) is 0 Å². The molecule has 5 heteroatoms. The summed E-state index contributed by atoms with van der Waals surface area (Å²) >= 11 is 0. The average Bonchev–Trinajstić information content (AvgIpc) is 2.65. The summed E-state index contributed by atoms with van der Waals surface area (Å²) in [6, 6.07) is 7.74. The van der Waals surface area contributed by atoms with Gasteiger partial charge in [0.25, 0.3) is 0 Å². The molecule has 5 nitrogen and oxygen atoms in total. The highest BCUT2D eigenvalue weighted by Crippen LogP contribution is 2.13. The smallest absolute Gasteiger partial charge is 0.325 e. The van der Waals surface area contributed by atoms with E-state index < -0.39 is 0 Å². The molecule has 96 valence electrons. The normalized spacial score (nSPS) is 10.8. The van der Waals surface area contributed by atoms with E-state index in [-0.39, 0.29) is 12.5 Å². The van der Waals surface area contributed by atoms with E-state index in [1.165, 1.54) is 7.11 Å². The third kappa shape index (κ3) is 2.03. The molecule has 0 saturated heterocycles. The van der Waals surface area contributed by atoms with Crippen molar-refractivity contribution in [1.29, 1.82) is 5.41 Å². The molecule has 0 bridgehead atoms. The van der Waals surface area contributed by atoms with Crippen LogP contribution in [0.5, 0.6) is 0 Å². The number of aryl methyl sites for hydroxylation is 1. The van der Waals surface area contributed by atoms with Gasteiger partial charge in [0.15, 0.2) is 0 Å². The molecule has 1 N–H and O–H groups in total. The highest BCUT2D eigenvalue weighted by atomic mass is 16.5. The van der Waals surface area contributed by atoms with Crippen LogP contribution in [0, 0.1) is 5.41 Å². The minimum Gasteiger partial charge on any atom is -0.468 e. The molecular weight excluding hydrogens is 230 g/mol. The molecular formula is C13H17N3O2. The molecule has 18 heavy (non-hydrogen) atoms. The molecule has 1 heterocycles. The van der Waals surface area contributed by atoms with Crippen LogP contribution in [0.4, 0.5) is 0 Å². The van der Waals surface area contributed by atoms with Crippen molar-refractivity contribution in [3.63, 3.8) is 0 Å². The molecule has 1 aromatic heterocycles. The molecule has 0 spiro atoms. The molecule has 2 rings (SSSR count). The number of nitrogens with one attached hydrogen (secondary N) is 1. The molecule has 0 unspecified atom stereocenters. The Hall–Kier alpha value is -2.04. The number of carbonyl (C=O) groups excluding carboxylic acids is 1. The summed E-state index contributed by atoms with van der Waals surface area (Å²) in [5.74, 6) is -0.340.